The fraction of sp³-hybridized carbons (Fsp3) is 0.375. The molecular formula is C16H26N6O6S. The number of anilines is 4. The number of aryl methyl sites for hydroxylation is 2. The quantitative estimate of drug-likeness (QED) is 0.164. The van der Waals surface area contributed by atoms with Crippen LogP contribution >= 0.6 is 0 Å². The molecule has 13 heteroatoms. The van der Waals surface area contributed by atoms with Crippen molar-refractivity contribution in [2.24, 2.45) is 14.1 Å². The third kappa shape index (κ3) is 8.78. The number of nitrogens with zero attached hydrogens (tertiary/aromatic N) is 2. The van der Waals surface area contributed by atoms with Crippen molar-refractivity contribution in [2.75, 3.05) is 41.7 Å². The number of aromatic nitrogens is 2. The zero-order chi connectivity index (χ0) is 22.0. The smallest absolute Gasteiger partial charge is 0.378 e. The van der Waals surface area contributed by atoms with Gasteiger partial charge in [-0.15, -0.1) is 0 Å². The topological polar surface area (TPSA) is 161 Å². The maximum absolute atomic E-state index is 11.2. The van der Waals surface area contributed by atoms with Gasteiger partial charge in [0.2, 0.25) is 16.3 Å². The van der Waals surface area contributed by atoms with E-state index in [1.54, 1.807) is 6.07 Å². The van der Waals surface area contributed by atoms with Crippen LogP contribution in [-0.4, -0.2) is 48.8 Å². The molecule has 2 rings (SSSR count). The molecule has 1 aromatic carbocycles. The Bertz CT molecular complexity index is 895. The SMILES string of the molecule is CC(=O)Nc1ccc(NCCO)c(NNc2n(C)cc[n+]2C)c1.COS(=O)(=O)[O-]. The minimum Gasteiger partial charge on any atom is -0.726 e. The zero-order valence-electron chi connectivity index (χ0n) is 16.6. The summed E-state index contributed by atoms with van der Waals surface area (Å²) in [7, 11) is 0.262. The van der Waals surface area contributed by atoms with E-state index in [1.165, 1.54) is 6.92 Å². The van der Waals surface area contributed by atoms with Gasteiger partial charge in [-0.2, -0.15) is 5.43 Å². The number of imidazole rings is 1. The van der Waals surface area contributed by atoms with Crippen molar-refractivity contribution < 1.29 is 31.6 Å². The molecule has 29 heavy (non-hydrogen) atoms. The van der Waals surface area contributed by atoms with Crippen LogP contribution in [0.3, 0.4) is 0 Å². The number of carbonyl (C=O) groups is 1. The van der Waals surface area contributed by atoms with E-state index < -0.39 is 10.4 Å². The Kier molecular flexibility index (Phi) is 9.34. The summed E-state index contributed by atoms with van der Waals surface area (Å²) in [5, 5.41) is 14.9. The molecule has 1 heterocycles. The summed E-state index contributed by atoms with van der Waals surface area (Å²) in [4.78, 5) is 11.2. The molecule has 0 spiro atoms. The van der Waals surface area contributed by atoms with E-state index in [0.717, 1.165) is 24.4 Å². The zero-order valence-corrected chi connectivity index (χ0v) is 17.4. The molecule has 1 amide bonds. The average molecular weight is 430 g/mol. The number of hydrazine groups is 1. The predicted molar refractivity (Wildman–Crippen MR) is 107 cm³/mol. The van der Waals surface area contributed by atoms with Crippen molar-refractivity contribution in [2.45, 2.75) is 6.92 Å². The Hall–Kier alpha value is -2.87. The average Bonchev–Trinajstić information content (AvgIpc) is 2.96. The number of nitrogens with one attached hydrogen (secondary N) is 4. The monoisotopic (exact) mass is 430 g/mol. The van der Waals surface area contributed by atoms with Gasteiger partial charge in [-0.05, 0) is 18.2 Å². The van der Waals surface area contributed by atoms with Crippen molar-refractivity contribution in [3.8, 4) is 0 Å². The number of aliphatic hydroxyl groups is 1. The highest BCUT2D eigenvalue weighted by Gasteiger charge is 2.12. The van der Waals surface area contributed by atoms with E-state index in [1.807, 2.05) is 47.8 Å². The van der Waals surface area contributed by atoms with Gasteiger partial charge in [0.05, 0.1) is 51.6 Å². The lowest BCUT2D eigenvalue weighted by molar-refractivity contribution is -0.656. The van der Waals surface area contributed by atoms with E-state index in [2.05, 4.69) is 25.7 Å². The van der Waals surface area contributed by atoms with Crippen molar-refractivity contribution in [1.82, 2.24) is 4.57 Å². The Balaban J connectivity index is 0.000000612. The van der Waals surface area contributed by atoms with Crippen LogP contribution in [-0.2, 0) is 33.5 Å². The van der Waals surface area contributed by atoms with Crippen LogP contribution in [0.5, 0.6) is 0 Å². The summed E-state index contributed by atoms with van der Waals surface area (Å²) < 4.78 is 34.9. The molecule has 0 aliphatic carbocycles. The molecule has 12 nitrogen and oxygen atoms in total. The van der Waals surface area contributed by atoms with E-state index in [0.29, 0.717) is 12.2 Å². The highest BCUT2D eigenvalue weighted by molar-refractivity contribution is 7.80. The molecule has 0 saturated heterocycles. The summed E-state index contributed by atoms with van der Waals surface area (Å²) in [6, 6.07) is 5.46. The lowest BCUT2D eigenvalue weighted by Gasteiger charge is -2.14. The summed E-state index contributed by atoms with van der Waals surface area (Å²) in [6.45, 7) is 1.94. The van der Waals surface area contributed by atoms with Crippen molar-refractivity contribution >= 4 is 39.3 Å². The standard InChI is InChI=1S/C15H22N6O2.CH4O4S/c1-11(23)17-12-4-5-13(16-6-9-22)14(10-12)18-19-15-20(2)7-8-21(15)3;1-5-6(2,3)4/h4-5,7-8,10,16,18,22H,6,9H2,1-3H3,(H,17,23);1H3,(H,2,3,4). The van der Waals surface area contributed by atoms with Crippen LogP contribution in [0.25, 0.3) is 0 Å². The van der Waals surface area contributed by atoms with Crippen LogP contribution in [0.1, 0.15) is 6.92 Å². The van der Waals surface area contributed by atoms with Gasteiger partial charge in [0.1, 0.15) is 0 Å². The fourth-order valence-electron chi connectivity index (χ4n) is 2.16. The Labute approximate surface area is 169 Å². The molecule has 162 valence electrons. The molecule has 5 N–H and O–H groups in total. The number of hydrogen-bond acceptors (Lipinski definition) is 9. The van der Waals surface area contributed by atoms with Gasteiger partial charge in [-0.3, -0.25) is 8.98 Å². The molecule has 0 unspecified atom stereocenters. The first-order valence-corrected chi connectivity index (χ1v) is 9.71. The number of carbonyl (C=O) groups excluding carboxylic acids is 1. The van der Waals surface area contributed by atoms with Gasteiger partial charge in [0, 0.05) is 19.2 Å². The second kappa shape index (κ2) is 11.2. The fourth-order valence-corrected chi connectivity index (χ4v) is 2.16. The maximum atomic E-state index is 11.2. The second-order valence-corrected chi connectivity index (χ2v) is 6.91. The second-order valence-electron chi connectivity index (χ2n) is 5.76. The summed E-state index contributed by atoms with van der Waals surface area (Å²) >= 11 is 0. The largest absolute Gasteiger partial charge is 0.726 e. The van der Waals surface area contributed by atoms with Gasteiger partial charge in [-0.1, -0.05) is 0 Å². The number of aliphatic hydroxyl groups excluding tert-OH is 1. The summed E-state index contributed by atoms with van der Waals surface area (Å²) in [5.41, 5.74) is 8.53. The van der Waals surface area contributed by atoms with Gasteiger partial charge in [0.25, 0.3) is 0 Å². The molecular weight excluding hydrogens is 404 g/mol. The lowest BCUT2D eigenvalue weighted by atomic mass is 10.2. The number of hydrogen-bond donors (Lipinski definition) is 5. The van der Waals surface area contributed by atoms with E-state index in [4.69, 9.17) is 5.11 Å². The minimum absolute atomic E-state index is 0.0348. The van der Waals surface area contributed by atoms with Crippen molar-refractivity contribution in [3.63, 3.8) is 0 Å². The summed E-state index contributed by atoms with van der Waals surface area (Å²) in [6.07, 6.45) is 3.87. The van der Waals surface area contributed by atoms with E-state index in [-0.39, 0.29) is 12.5 Å². The highest BCUT2D eigenvalue weighted by Crippen LogP contribution is 2.25. The molecule has 2 aromatic rings. The van der Waals surface area contributed by atoms with Crippen LogP contribution in [0.2, 0.25) is 0 Å². The van der Waals surface area contributed by atoms with E-state index >= 15 is 0 Å². The third-order valence-electron chi connectivity index (χ3n) is 3.46. The lowest BCUT2D eigenvalue weighted by Crippen LogP contribution is -2.32. The van der Waals surface area contributed by atoms with Crippen molar-refractivity contribution in [3.05, 3.63) is 30.6 Å². The first-order chi connectivity index (χ1) is 13.6. The molecule has 0 saturated carbocycles. The normalized spacial score (nSPS) is 10.6. The number of amides is 1. The Morgan fingerprint density at radius 1 is 1.31 bits per heavy atom. The number of rotatable bonds is 8. The van der Waals surface area contributed by atoms with Gasteiger partial charge in [-0.25, -0.2) is 23.0 Å². The van der Waals surface area contributed by atoms with Crippen molar-refractivity contribution in [1.29, 1.82) is 0 Å². The molecule has 0 atom stereocenters. The number of benzene rings is 1. The maximum Gasteiger partial charge on any atom is 0.378 e. The molecule has 0 radical (unpaired) electrons. The van der Waals surface area contributed by atoms with Crippen LogP contribution in [0, 0.1) is 0 Å². The molecule has 1 aromatic heterocycles. The van der Waals surface area contributed by atoms with Crippen LogP contribution in [0.4, 0.5) is 23.0 Å². The van der Waals surface area contributed by atoms with Crippen LogP contribution < -0.4 is 26.1 Å². The van der Waals surface area contributed by atoms with Gasteiger partial charge < -0.3 is 20.3 Å². The first-order valence-electron chi connectivity index (χ1n) is 8.38. The van der Waals surface area contributed by atoms with Gasteiger partial charge in [0.15, 0.2) is 0 Å². The molecule has 0 bridgehead atoms. The third-order valence-corrected chi connectivity index (χ3v) is 3.87. The predicted octanol–water partition coefficient (Wildman–Crippen LogP) is -0.256. The highest BCUT2D eigenvalue weighted by atomic mass is 32.3. The molecule has 0 fully saturated rings. The molecule has 0 aliphatic heterocycles. The first kappa shape index (κ1) is 24.2. The Morgan fingerprint density at radius 3 is 2.45 bits per heavy atom. The van der Waals surface area contributed by atoms with Gasteiger partial charge >= 0.3 is 5.95 Å². The minimum atomic E-state index is -4.41. The van der Waals surface area contributed by atoms with Crippen LogP contribution in [0.15, 0.2) is 30.6 Å². The Morgan fingerprint density at radius 2 is 1.97 bits per heavy atom. The van der Waals surface area contributed by atoms with E-state index in [9.17, 15) is 17.8 Å². The summed E-state index contributed by atoms with van der Waals surface area (Å²) in [5.74, 6) is 0.733. The molecule has 0 aliphatic rings.